The van der Waals surface area contributed by atoms with Gasteiger partial charge in [-0.2, -0.15) is 5.10 Å². The molecule has 0 radical (unpaired) electrons. The fourth-order valence-corrected chi connectivity index (χ4v) is 3.18. The summed E-state index contributed by atoms with van der Waals surface area (Å²) in [7, 11) is 0. The number of anilines is 1. The monoisotopic (exact) mass is 327 g/mol. The third-order valence-electron chi connectivity index (χ3n) is 4.54. The number of hydrogen-bond acceptors (Lipinski definition) is 4. The van der Waals surface area contributed by atoms with Gasteiger partial charge in [-0.15, -0.1) is 4.68 Å². The minimum Gasteiger partial charge on any atom is -0.442 e. The standard InChI is InChI=1S/C16H23F2N3O2/c1-15(2,3)23-14(22)21-13(19)11(9-5-4-6-9)12(20-21)10-7-16(17,18)8-10/h9-10H,4-8,19H2,1-3H3. The lowest BCUT2D eigenvalue weighted by atomic mass is 9.73. The molecule has 2 saturated carbocycles. The van der Waals surface area contributed by atoms with E-state index in [1.807, 2.05) is 0 Å². The van der Waals surface area contributed by atoms with Gasteiger partial charge in [0.25, 0.3) is 0 Å². The van der Waals surface area contributed by atoms with E-state index in [4.69, 9.17) is 10.5 Å². The van der Waals surface area contributed by atoms with E-state index in [2.05, 4.69) is 5.10 Å². The van der Waals surface area contributed by atoms with Crippen molar-refractivity contribution in [2.75, 3.05) is 5.73 Å². The van der Waals surface area contributed by atoms with Crippen molar-refractivity contribution in [3.05, 3.63) is 11.3 Å². The highest BCUT2D eigenvalue weighted by Crippen LogP contribution is 2.52. The molecule has 2 fully saturated rings. The van der Waals surface area contributed by atoms with Crippen molar-refractivity contribution in [1.82, 2.24) is 9.78 Å². The quantitative estimate of drug-likeness (QED) is 0.890. The Morgan fingerprint density at radius 2 is 1.91 bits per heavy atom. The SMILES string of the molecule is CC(C)(C)OC(=O)n1nc(C2CC(F)(F)C2)c(C2CCC2)c1N. The second-order valence-electron chi connectivity index (χ2n) is 7.67. The highest BCUT2D eigenvalue weighted by atomic mass is 19.3. The molecule has 0 unspecified atom stereocenters. The lowest BCUT2D eigenvalue weighted by molar-refractivity contribution is -0.0879. The first kappa shape index (κ1) is 16.2. The third-order valence-corrected chi connectivity index (χ3v) is 4.54. The third kappa shape index (κ3) is 3.05. The van der Waals surface area contributed by atoms with Crippen LogP contribution in [0.4, 0.5) is 19.4 Å². The Balaban J connectivity index is 1.92. The van der Waals surface area contributed by atoms with Gasteiger partial charge in [0.05, 0.1) is 5.69 Å². The number of nitrogens with two attached hydrogens (primary N) is 1. The van der Waals surface area contributed by atoms with Crippen LogP contribution >= 0.6 is 0 Å². The summed E-state index contributed by atoms with van der Waals surface area (Å²) >= 11 is 0. The maximum atomic E-state index is 13.2. The predicted octanol–water partition coefficient (Wildman–Crippen LogP) is 4.03. The molecule has 7 heteroatoms. The Morgan fingerprint density at radius 3 is 2.35 bits per heavy atom. The summed E-state index contributed by atoms with van der Waals surface area (Å²) in [5, 5.41) is 4.27. The maximum Gasteiger partial charge on any atom is 0.437 e. The van der Waals surface area contributed by atoms with E-state index in [9.17, 15) is 13.6 Å². The fraction of sp³-hybridized carbons (Fsp3) is 0.750. The van der Waals surface area contributed by atoms with E-state index in [1.54, 1.807) is 20.8 Å². The van der Waals surface area contributed by atoms with Crippen molar-refractivity contribution < 1.29 is 18.3 Å². The van der Waals surface area contributed by atoms with Crippen LogP contribution in [0.25, 0.3) is 0 Å². The molecule has 1 heterocycles. The van der Waals surface area contributed by atoms with Gasteiger partial charge in [0.15, 0.2) is 0 Å². The highest BCUT2D eigenvalue weighted by Gasteiger charge is 2.49. The summed E-state index contributed by atoms with van der Waals surface area (Å²) in [6.45, 7) is 5.26. The Bertz CT molecular complexity index is 622. The molecule has 0 aromatic carbocycles. The molecule has 2 N–H and O–H groups in total. The Kier molecular flexibility index (Phi) is 3.65. The van der Waals surface area contributed by atoms with Crippen LogP contribution in [0.15, 0.2) is 0 Å². The number of carbonyl (C=O) groups excluding carboxylic acids is 1. The largest absolute Gasteiger partial charge is 0.442 e. The molecule has 0 aliphatic heterocycles. The van der Waals surface area contributed by atoms with Crippen molar-refractivity contribution in [1.29, 1.82) is 0 Å². The molecular weight excluding hydrogens is 304 g/mol. The van der Waals surface area contributed by atoms with Crippen LogP contribution in [0.5, 0.6) is 0 Å². The summed E-state index contributed by atoms with van der Waals surface area (Å²) in [4.78, 5) is 12.3. The van der Waals surface area contributed by atoms with Crippen LogP contribution in [-0.2, 0) is 4.74 Å². The van der Waals surface area contributed by atoms with Gasteiger partial charge in [-0.1, -0.05) is 6.42 Å². The molecule has 1 aromatic heterocycles. The zero-order valence-electron chi connectivity index (χ0n) is 13.7. The minimum absolute atomic E-state index is 0.218. The van der Waals surface area contributed by atoms with E-state index in [1.165, 1.54) is 0 Å². The van der Waals surface area contributed by atoms with Crippen molar-refractivity contribution >= 4 is 11.9 Å². The number of alkyl halides is 2. The Morgan fingerprint density at radius 1 is 1.30 bits per heavy atom. The van der Waals surface area contributed by atoms with Crippen LogP contribution in [-0.4, -0.2) is 27.4 Å². The molecule has 3 rings (SSSR count). The molecule has 128 valence electrons. The zero-order chi connectivity index (χ0) is 17.0. The van der Waals surface area contributed by atoms with Crippen LogP contribution in [0, 0.1) is 0 Å². The molecule has 1 aromatic rings. The van der Waals surface area contributed by atoms with Gasteiger partial charge in [-0.25, -0.2) is 13.6 Å². The van der Waals surface area contributed by atoms with Gasteiger partial charge in [0.2, 0.25) is 5.92 Å². The predicted molar refractivity (Wildman–Crippen MR) is 81.8 cm³/mol. The summed E-state index contributed by atoms with van der Waals surface area (Å²) in [5.74, 6) is -2.50. The molecule has 0 saturated heterocycles. The summed E-state index contributed by atoms with van der Waals surface area (Å²) in [5.41, 5.74) is 6.80. The summed E-state index contributed by atoms with van der Waals surface area (Å²) < 4.78 is 32.8. The first-order chi connectivity index (χ1) is 10.6. The second kappa shape index (κ2) is 5.18. The highest BCUT2D eigenvalue weighted by molar-refractivity contribution is 5.75. The number of ether oxygens (including phenoxy) is 1. The number of aromatic nitrogens is 2. The topological polar surface area (TPSA) is 70.1 Å². The van der Waals surface area contributed by atoms with Crippen LogP contribution in [0.3, 0.4) is 0 Å². The number of carbonyl (C=O) groups is 1. The van der Waals surface area contributed by atoms with Crippen LogP contribution in [0.1, 0.15) is 76.0 Å². The van der Waals surface area contributed by atoms with Crippen LogP contribution < -0.4 is 5.73 Å². The first-order valence-electron chi connectivity index (χ1n) is 8.07. The average molecular weight is 327 g/mol. The van der Waals surface area contributed by atoms with Gasteiger partial charge >= 0.3 is 6.09 Å². The van der Waals surface area contributed by atoms with E-state index in [-0.39, 0.29) is 30.5 Å². The number of halogens is 2. The number of rotatable bonds is 2. The molecule has 0 amide bonds. The lowest BCUT2D eigenvalue weighted by Crippen LogP contribution is -2.35. The molecular formula is C16H23F2N3O2. The van der Waals surface area contributed by atoms with E-state index < -0.39 is 17.6 Å². The number of hydrogen-bond donors (Lipinski definition) is 1. The molecule has 0 atom stereocenters. The first-order valence-corrected chi connectivity index (χ1v) is 8.07. The molecule has 0 bridgehead atoms. The Labute approximate surface area is 134 Å². The zero-order valence-corrected chi connectivity index (χ0v) is 13.7. The van der Waals surface area contributed by atoms with E-state index in [0.717, 1.165) is 29.5 Å². The van der Waals surface area contributed by atoms with Crippen molar-refractivity contribution in [2.24, 2.45) is 0 Å². The molecule has 5 nitrogen and oxygen atoms in total. The van der Waals surface area contributed by atoms with Gasteiger partial charge in [-0.05, 0) is 39.5 Å². The molecule has 2 aliphatic carbocycles. The van der Waals surface area contributed by atoms with Crippen molar-refractivity contribution in [2.45, 2.75) is 76.2 Å². The summed E-state index contributed by atoms with van der Waals surface area (Å²) in [6.07, 6.45) is 1.89. The fourth-order valence-electron chi connectivity index (χ4n) is 3.18. The normalized spacial score (nSPS) is 21.6. The lowest BCUT2D eigenvalue weighted by Gasteiger charge is -2.36. The minimum atomic E-state index is -2.63. The van der Waals surface area contributed by atoms with Crippen molar-refractivity contribution in [3.63, 3.8) is 0 Å². The van der Waals surface area contributed by atoms with E-state index in [0.29, 0.717) is 5.69 Å². The van der Waals surface area contributed by atoms with Crippen molar-refractivity contribution in [3.8, 4) is 0 Å². The van der Waals surface area contributed by atoms with Gasteiger partial charge in [-0.3, -0.25) is 0 Å². The Hall–Kier alpha value is -1.66. The average Bonchev–Trinajstić information content (AvgIpc) is 2.60. The second-order valence-corrected chi connectivity index (χ2v) is 7.67. The van der Waals surface area contributed by atoms with Gasteiger partial charge < -0.3 is 10.5 Å². The van der Waals surface area contributed by atoms with Crippen LogP contribution in [0.2, 0.25) is 0 Å². The van der Waals surface area contributed by atoms with Gasteiger partial charge in [0.1, 0.15) is 11.4 Å². The molecule has 0 spiro atoms. The van der Waals surface area contributed by atoms with E-state index >= 15 is 0 Å². The summed E-state index contributed by atoms with van der Waals surface area (Å²) in [6, 6.07) is 0. The number of nitrogens with zero attached hydrogens (tertiary/aromatic N) is 2. The smallest absolute Gasteiger partial charge is 0.437 e. The van der Waals surface area contributed by atoms with Gasteiger partial charge in [0, 0.05) is 24.3 Å². The number of nitrogen functional groups attached to an aromatic ring is 1. The maximum absolute atomic E-state index is 13.2. The molecule has 23 heavy (non-hydrogen) atoms. The molecule has 2 aliphatic rings.